The van der Waals surface area contributed by atoms with E-state index in [1.807, 2.05) is 0 Å². The number of rotatable bonds is 3. The van der Waals surface area contributed by atoms with Gasteiger partial charge in [0, 0.05) is 25.2 Å². The van der Waals surface area contributed by atoms with Gasteiger partial charge in [0.1, 0.15) is 10.6 Å². The maximum Gasteiger partial charge on any atom is 0.433 e. The van der Waals surface area contributed by atoms with Crippen LogP contribution < -0.4 is 0 Å². The van der Waals surface area contributed by atoms with Crippen LogP contribution in [0.15, 0.2) is 23.2 Å². The largest absolute Gasteiger partial charge is 0.433 e. The van der Waals surface area contributed by atoms with Crippen LogP contribution in [-0.2, 0) is 16.2 Å². The summed E-state index contributed by atoms with van der Waals surface area (Å²) in [5.41, 5.74) is -1.14. The zero-order valence-electron chi connectivity index (χ0n) is 11.1. The number of aliphatic hydroxyl groups excluding tert-OH is 1. The Morgan fingerprint density at radius 1 is 1.43 bits per heavy atom. The van der Waals surface area contributed by atoms with Gasteiger partial charge >= 0.3 is 6.18 Å². The Morgan fingerprint density at radius 3 is 2.52 bits per heavy atom. The van der Waals surface area contributed by atoms with E-state index in [1.54, 1.807) is 13.3 Å². The monoisotopic (exact) mass is 323 g/mol. The summed E-state index contributed by atoms with van der Waals surface area (Å²) in [6.07, 6.45) is -2.93. The van der Waals surface area contributed by atoms with Crippen LogP contribution in [0.25, 0.3) is 0 Å². The van der Waals surface area contributed by atoms with E-state index in [4.69, 9.17) is 0 Å². The zero-order chi connectivity index (χ0) is 15.8. The summed E-state index contributed by atoms with van der Waals surface area (Å²) in [5.74, 6) is -0.290. The molecule has 5 nitrogen and oxygen atoms in total. The fourth-order valence-corrected chi connectivity index (χ4v) is 3.41. The normalized spacial score (nSPS) is 22.4. The molecule has 0 aromatic carbocycles. The molecule has 9 heteroatoms. The third-order valence-electron chi connectivity index (χ3n) is 3.31. The van der Waals surface area contributed by atoms with Gasteiger partial charge in [-0.25, -0.2) is 8.42 Å². The van der Waals surface area contributed by atoms with E-state index in [1.165, 1.54) is 0 Å². The zero-order valence-corrected chi connectivity index (χ0v) is 11.9. The molecule has 1 aromatic heterocycles. The third kappa shape index (κ3) is 3.35. The Balaban J connectivity index is 2.21. The average molecular weight is 323 g/mol. The van der Waals surface area contributed by atoms with Crippen LogP contribution in [0.2, 0.25) is 0 Å². The Hall–Kier alpha value is -1.19. The number of aromatic nitrogens is 1. The van der Waals surface area contributed by atoms with Crippen molar-refractivity contribution in [3.05, 3.63) is 30.4 Å². The number of nitrogens with zero attached hydrogens (tertiary/aromatic N) is 2. The van der Waals surface area contributed by atoms with Crippen molar-refractivity contribution in [3.63, 3.8) is 0 Å². The Kier molecular flexibility index (Phi) is 4.27. The fourth-order valence-electron chi connectivity index (χ4n) is 2.03. The van der Waals surface area contributed by atoms with E-state index in [2.05, 4.69) is 4.98 Å². The first-order valence-electron chi connectivity index (χ1n) is 6.17. The number of aliphatic hydroxyl groups is 1. The highest BCUT2D eigenvalue weighted by atomic mass is 32.2. The van der Waals surface area contributed by atoms with Gasteiger partial charge in [-0.3, -0.25) is 4.98 Å². The maximum atomic E-state index is 12.4. The molecule has 21 heavy (non-hydrogen) atoms. The molecule has 1 saturated heterocycles. The van der Waals surface area contributed by atoms with E-state index in [9.17, 15) is 26.7 Å². The van der Waals surface area contributed by atoms with Crippen molar-refractivity contribution >= 4 is 10.0 Å². The quantitative estimate of drug-likeness (QED) is 0.910. The van der Waals surface area contributed by atoms with Gasteiger partial charge in [0.25, 0.3) is 0 Å². The summed E-state index contributed by atoms with van der Waals surface area (Å²) in [7, 11) is -3.91. The standard InChI is InChI=1S/C12H14F3N2O3S/c1-8(18)9-4-5-17(7-9)21(19,20)10-2-3-11(16-6-10)12(13,14)15/h2-4,6,8-9,18H,5,7H2,1H3/t8-,9?/m1/s1. The van der Waals surface area contributed by atoms with E-state index in [-0.39, 0.29) is 23.9 Å². The number of hydrogen-bond donors (Lipinski definition) is 1. The Morgan fingerprint density at radius 2 is 2.10 bits per heavy atom. The first kappa shape index (κ1) is 16.2. The molecule has 1 radical (unpaired) electrons. The average Bonchev–Trinajstić information content (AvgIpc) is 2.88. The molecule has 0 spiro atoms. The van der Waals surface area contributed by atoms with Crippen LogP contribution >= 0.6 is 0 Å². The first-order chi connectivity index (χ1) is 9.62. The minimum absolute atomic E-state index is 0.0982. The van der Waals surface area contributed by atoms with Crippen molar-refractivity contribution in [2.75, 3.05) is 13.1 Å². The van der Waals surface area contributed by atoms with Gasteiger partial charge in [0.2, 0.25) is 10.0 Å². The second kappa shape index (κ2) is 5.54. The maximum absolute atomic E-state index is 12.4. The topological polar surface area (TPSA) is 70.5 Å². The van der Waals surface area contributed by atoms with Gasteiger partial charge in [0.15, 0.2) is 0 Å². The summed E-state index contributed by atoms with van der Waals surface area (Å²) in [4.78, 5) is 2.86. The molecule has 1 aliphatic heterocycles. The van der Waals surface area contributed by atoms with Crippen molar-refractivity contribution in [2.45, 2.75) is 24.1 Å². The SMILES string of the molecule is C[C@@H](O)C1[CH]CN(S(=O)(=O)c2ccc(C(F)(F)F)nc2)C1. The van der Waals surface area contributed by atoms with Gasteiger partial charge < -0.3 is 5.11 Å². The van der Waals surface area contributed by atoms with Crippen molar-refractivity contribution < 1.29 is 26.7 Å². The molecule has 1 unspecified atom stereocenters. The summed E-state index contributed by atoms with van der Waals surface area (Å²) < 4.78 is 62.8. The molecule has 2 atom stereocenters. The van der Waals surface area contributed by atoms with Gasteiger partial charge in [-0.1, -0.05) is 0 Å². The first-order valence-corrected chi connectivity index (χ1v) is 7.61. The third-order valence-corrected chi connectivity index (χ3v) is 5.13. The van der Waals surface area contributed by atoms with Gasteiger partial charge in [-0.2, -0.15) is 17.5 Å². The number of sulfonamides is 1. The Bertz CT molecular complexity index is 599. The number of pyridine rings is 1. The number of hydrogen-bond acceptors (Lipinski definition) is 4. The lowest BCUT2D eigenvalue weighted by atomic mass is 10.0. The molecule has 1 N–H and O–H groups in total. The van der Waals surface area contributed by atoms with Crippen LogP contribution in [0.4, 0.5) is 13.2 Å². The smallest absolute Gasteiger partial charge is 0.393 e. The molecule has 1 fully saturated rings. The lowest BCUT2D eigenvalue weighted by Crippen LogP contribution is -2.30. The van der Waals surface area contributed by atoms with Crippen LogP contribution in [0.1, 0.15) is 12.6 Å². The molecule has 0 amide bonds. The van der Waals surface area contributed by atoms with Crippen LogP contribution in [0.3, 0.4) is 0 Å². The second-order valence-corrected chi connectivity index (χ2v) is 6.78. The van der Waals surface area contributed by atoms with Crippen LogP contribution in [-0.4, -0.2) is 42.0 Å². The van der Waals surface area contributed by atoms with Crippen molar-refractivity contribution in [1.82, 2.24) is 9.29 Å². The minimum Gasteiger partial charge on any atom is -0.393 e. The predicted octanol–water partition coefficient (Wildman–Crippen LogP) is 1.31. The van der Waals surface area contributed by atoms with Crippen LogP contribution in [0, 0.1) is 12.3 Å². The van der Waals surface area contributed by atoms with E-state index in [0.29, 0.717) is 12.3 Å². The predicted molar refractivity (Wildman–Crippen MR) is 67.5 cm³/mol. The highest BCUT2D eigenvalue weighted by Crippen LogP contribution is 2.29. The summed E-state index contributed by atoms with van der Waals surface area (Å²) >= 11 is 0. The highest BCUT2D eigenvalue weighted by Gasteiger charge is 2.36. The van der Waals surface area contributed by atoms with Crippen molar-refractivity contribution in [1.29, 1.82) is 0 Å². The number of alkyl halides is 3. The molecule has 117 valence electrons. The molecule has 1 aliphatic rings. The molecular formula is C12H14F3N2O3S. The molecule has 1 aromatic rings. The Labute approximate surface area is 120 Å². The lowest BCUT2D eigenvalue weighted by Gasteiger charge is -2.17. The van der Waals surface area contributed by atoms with E-state index in [0.717, 1.165) is 10.4 Å². The number of halogens is 3. The molecule has 2 heterocycles. The van der Waals surface area contributed by atoms with Gasteiger partial charge in [0.05, 0.1) is 6.10 Å². The summed E-state index contributed by atoms with van der Waals surface area (Å²) in [6.45, 7) is 1.76. The lowest BCUT2D eigenvalue weighted by molar-refractivity contribution is -0.141. The van der Waals surface area contributed by atoms with E-state index < -0.39 is 28.0 Å². The summed E-state index contributed by atoms with van der Waals surface area (Å²) in [5, 5.41) is 9.44. The fraction of sp³-hybridized carbons (Fsp3) is 0.500. The van der Waals surface area contributed by atoms with Gasteiger partial charge in [-0.15, -0.1) is 0 Å². The van der Waals surface area contributed by atoms with Gasteiger partial charge in [-0.05, 0) is 25.5 Å². The molecule has 2 rings (SSSR count). The molecule has 0 bridgehead atoms. The van der Waals surface area contributed by atoms with Crippen molar-refractivity contribution in [3.8, 4) is 0 Å². The molecular weight excluding hydrogens is 309 g/mol. The molecule has 0 aliphatic carbocycles. The molecule has 0 saturated carbocycles. The highest BCUT2D eigenvalue weighted by molar-refractivity contribution is 7.89. The van der Waals surface area contributed by atoms with Crippen LogP contribution in [0.5, 0.6) is 0 Å². The second-order valence-electron chi connectivity index (χ2n) is 4.84. The van der Waals surface area contributed by atoms with Crippen molar-refractivity contribution in [2.24, 2.45) is 5.92 Å². The summed E-state index contributed by atoms with van der Waals surface area (Å²) in [6, 6.07) is 1.53. The minimum atomic E-state index is -4.61. The van der Waals surface area contributed by atoms with E-state index >= 15 is 0 Å².